The van der Waals surface area contributed by atoms with E-state index in [0.717, 1.165) is 32.5 Å². The minimum atomic E-state index is -0.903. The van der Waals surface area contributed by atoms with E-state index in [9.17, 15) is 9.59 Å². The van der Waals surface area contributed by atoms with Gasteiger partial charge in [0.05, 0.1) is 6.42 Å². The van der Waals surface area contributed by atoms with E-state index in [1.807, 2.05) is 0 Å². The zero-order valence-electron chi connectivity index (χ0n) is 10.2. The molecule has 0 aromatic rings. The Bertz CT molecular complexity index is 271. The van der Waals surface area contributed by atoms with E-state index >= 15 is 0 Å². The van der Waals surface area contributed by atoms with Crippen molar-refractivity contribution in [3.05, 3.63) is 0 Å². The molecule has 0 aromatic carbocycles. The molecule has 3 N–H and O–H groups in total. The van der Waals surface area contributed by atoms with Crippen LogP contribution in [0.4, 0.5) is 4.79 Å². The number of likely N-dealkylation sites (tertiary alicyclic amines) is 1. The van der Waals surface area contributed by atoms with Gasteiger partial charge >= 0.3 is 12.0 Å². The lowest BCUT2D eigenvalue weighted by atomic mass is 10.1. The van der Waals surface area contributed by atoms with Crippen LogP contribution in [0, 0.1) is 0 Å². The highest BCUT2D eigenvalue weighted by Crippen LogP contribution is 2.09. The van der Waals surface area contributed by atoms with Gasteiger partial charge in [-0.3, -0.25) is 4.79 Å². The molecule has 1 aliphatic heterocycles. The van der Waals surface area contributed by atoms with Crippen molar-refractivity contribution in [1.82, 2.24) is 15.5 Å². The molecule has 1 atom stereocenters. The quantitative estimate of drug-likeness (QED) is 0.646. The Morgan fingerprint density at radius 1 is 1.47 bits per heavy atom. The van der Waals surface area contributed by atoms with Crippen LogP contribution in [0.2, 0.25) is 0 Å². The van der Waals surface area contributed by atoms with Crippen LogP contribution in [0.1, 0.15) is 26.2 Å². The van der Waals surface area contributed by atoms with Crippen LogP contribution >= 0.6 is 0 Å². The molecule has 1 rings (SSSR count). The molecule has 0 bridgehead atoms. The average Bonchev–Trinajstić information content (AvgIpc) is 2.28. The highest BCUT2D eigenvalue weighted by Gasteiger charge is 2.19. The first kappa shape index (κ1) is 13.8. The summed E-state index contributed by atoms with van der Waals surface area (Å²) >= 11 is 0. The molecule has 6 nitrogen and oxygen atoms in total. The number of nitrogens with one attached hydrogen (secondary N) is 2. The maximum Gasteiger partial charge on any atom is 0.315 e. The number of amides is 2. The lowest BCUT2D eigenvalue weighted by Gasteiger charge is -2.32. The number of nitrogens with zero attached hydrogens (tertiary/aromatic N) is 1. The molecule has 0 spiro atoms. The zero-order chi connectivity index (χ0) is 12.7. The van der Waals surface area contributed by atoms with Crippen LogP contribution in [0.3, 0.4) is 0 Å². The van der Waals surface area contributed by atoms with Gasteiger partial charge in [0.25, 0.3) is 0 Å². The van der Waals surface area contributed by atoms with E-state index in [0.29, 0.717) is 0 Å². The van der Waals surface area contributed by atoms with Crippen LogP contribution in [-0.4, -0.2) is 54.2 Å². The van der Waals surface area contributed by atoms with Crippen LogP contribution in [0.5, 0.6) is 0 Å². The normalized spacial score (nSPS) is 20.9. The highest BCUT2D eigenvalue weighted by atomic mass is 16.4. The number of hydrogen-bond acceptors (Lipinski definition) is 3. The second kappa shape index (κ2) is 7.11. The zero-order valence-corrected chi connectivity index (χ0v) is 10.2. The van der Waals surface area contributed by atoms with Gasteiger partial charge in [-0.1, -0.05) is 6.92 Å². The first-order valence-corrected chi connectivity index (χ1v) is 6.10. The van der Waals surface area contributed by atoms with E-state index in [1.165, 1.54) is 0 Å². The molecule has 1 unspecified atom stereocenters. The maximum absolute atomic E-state index is 11.5. The Labute approximate surface area is 101 Å². The SMILES string of the molecule is CCN1CCCC(NC(=O)NCCC(=O)O)C1. The fourth-order valence-corrected chi connectivity index (χ4v) is 1.98. The average molecular weight is 243 g/mol. The number of carbonyl (C=O) groups excluding carboxylic acids is 1. The number of aliphatic carboxylic acids is 1. The van der Waals surface area contributed by atoms with Gasteiger partial charge in [0.15, 0.2) is 0 Å². The number of rotatable bonds is 5. The molecule has 1 saturated heterocycles. The predicted molar refractivity (Wildman–Crippen MR) is 63.9 cm³/mol. The summed E-state index contributed by atoms with van der Waals surface area (Å²) < 4.78 is 0. The van der Waals surface area contributed by atoms with Gasteiger partial charge < -0.3 is 20.6 Å². The van der Waals surface area contributed by atoms with Gasteiger partial charge in [-0.2, -0.15) is 0 Å². The minimum Gasteiger partial charge on any atom is -0.481 e. The first-order valence-electron chi connectivity index (χ1n) is 6.10. The second-order valence-electron chi connectivity index (χ2n) is 4.28. The molecule has 98 valence electrons. The monoisotopic (exact) mass is 243 g/mol. The largest absolute Gasteiger partial charge is 0.481 e. The van der Waals surface area contributed by atoms with E-state index in [2.05, 4.69) is 22.5 Å². The predicted octanol–water partition coefficient (Wildman–Crippen LogP) is 0.245. The number of carboxylic acids is 1. The molecule has 17 heavy (non-hydrogen) atoms. The number of likely N-dealkylation sites (N-methyl/N-ethyl adjacent to an activating group) is 1. The summed E-state index contributed by atoms with van der Waals surface area (Å²) in [4.78, 5) is 24.0. The van der Waals surface area contributed by atoms with Gasteiger partial charge in [-0.05, 0) is 25.9 Å². The third-order valence-corrected chi connectivity index (χ3v) is 2.91. The van der Waals surface area contributed by atoms with Crippen LogP contribution < -0.4 is 10.6 Å². The van der Waals surface area contributed by atoms with E-state index < -0.39 is 5.97 Å². The molecule has 2 amide bonds. The van der Waals surface area contributed by atoms with Gasteiger partial charge in [0.1, 0.15) is 0 Å². The van der Waals surface area contributed by atoms with Crippen LogP contribution in [0.25, 0.3) is 0 Å². The van der Waals surface area contributed by atoms with Crippen molar-refractivity contribution in [2.24, 2.45) is 0 Å². The number of piperidine rings is 1. The molecule has 0 aliphatic carbocycles. The molecule has 0 radical (unpaired) electrons. The van der Waals surface area contributed by atoms with E-state index in [-0.39, 0.29) is 25.0 Å². The van der Waals surface area contributed by atoms with Crippen molar-refractivity contribution in [2.45, 2.75) is 32.2 Å². The lowest BCUT2D eigenvalue weighted by molar-refractivity contribution is -0.136. The Morgan fingerprint density at radius 2 is 2.24 bits per heavy atom. The first-order chi connectivity index (χ1) is 8.11. The molecule has 0 saturated carbocycles. The van der Waals surface area contributed by atoms with Crippen LogP contribution in [-0.2, 0) is 4.79 Å². The minimum absolute atomic E-state index is 0.0425. The lowest BCUT2D eigenvalue weighted by Crippen LogP contribution is -2.50. The van der Waals surface area contributed by atoms with Gasteiger partial charge in [0, 0.05) is 19.1 Å². The van der Waals surface area contributed by atoms with Crippen molar-refractivity contribution in [2.75, 3.05) is 26.2 Å². The third-order valence-electron chi connectivity index (χ3n) is 2.91. The maximum atomic E-state index is 11.5. The number of urea groups is 1. The van der Waals surface area contributed by atoms with Crippen LogP contribution in [0.15, 0.2) is 0 Å². The molecular weight excluding hydrogens is 222 g/mol. The number of carbonyl (C=O) groups is 2. The molecule has 1 fully saturated rings. The number of carboxylic acid groups (broad SMARTS) is 1. The Morgan fingerprint density at radius 3 is 2.88 bits per heavy atom. The molecule has 0 aromatic heterocycles. The van der Waals surface area contributed by atoms with Crippen molar-refractivity contribution in [3.63, 3.8) is 0 Å². The van der Waals surface area contributed by atoms with E-state index in [4.69, 9.17) is 5.11 Å². The summed E-state index contributed by atoms with van der Waals surface area (Å²) in [6, 6.07) is -0.0947. The van der Waals surface area contributed by atoms with Crippen molar-refractivity contribution >= 4 is 12.0 Å². The summed E-state index contributed by atoms with van der Waals surface area (Å²) in [5, 5.41) is 13.9. The molecular formula is C11H21N3O3. The van der Waals surface area contributed by atoms with Crippen molar-refractivity contribution in [3.8, 4) is 0 Å². The molecule has 6 heteroatoms. The summed E-state index contributed by atoms with van der Waals surface area (Å²) in [6.07, 6.45) is 2.04. The van der Waals surface area contributed by atoms with Gasteiger partial charge in [-0.15, -0.1) is 0 Å². The summed E-state index contributed by atoms with van der Waals surface area (Å²) in [5.41, 5.74) is 0. The third kappa shape index (κ3) is 5.53. The second-order valence-corrected chi connectivity index (χ2v) is 4.28. The molecule has 1 aliphatic rings. The van der Waals surface area contributed by atoms with Crippen molar-refractivity contribution < 1.29 is 14.7 Å². The Balaban J connectivity index is 2.19. The summed E-state index contributed by atoms with van der Waals surface area (Å²) in [6.45, 7) is 5.25. The topological polar surface area (TPSA) is 81.7 Å². The van der Waals surface area contributed by atoms with E-state index in [1.54, 1.807) is 0 Å². The van der Waals surface area contributed by atoms with Gasteiger partial charge in [-0.25, -0.2) is 4.79 Å². The van der Waals surface area contributed by atoms with Gasteiger partial charge in [0.2, 0.25) is 0 Å². The fourth-order valence-electron chi connectivity index (χ4n) is 1.98. The standard InChI is InChI=1S/C11H21N3O3/c1-2-14-7-3-4-9(8-14)13-11(17)12-6-5-10(15)16/h9H,2-8H2,1H3,(H,15,16)(H2,12,13,17). The smallest absolute Gasteiger partial charge is 0.315 e. The number of hydrogen-bond donors (Lipinski definition) is 3. The highest BCUT2D eigenvalue weighted by molar-refractivity contribution is 5.75. The fraction of sp³-hybridized carbons (Fsp3) is 0.818. The molecule has 1 heterocycles. The summed E-state index contributed by atoms with van der Waals surface area (Å²) in [7, 11) is 0. The van der Waals surface area contributed by atoms with Crippen molar-refractivity contribution in [1.29, 1.82) is 0 Å². The Kier molecular flexibility index (Phi) is 5.76. The summed E-state index contributed by atoms with van der Waals surface area (Å²) in [5.74, 6) is -0.903. The Hall–Kier alpha value is -1.30.